The fourth-order valence-corrected chi connectivity index (χ4v) is 3.21. The van der Waals surface area contributed by atoms with E-state index in [1.54, 1.807) is 0 Å². The van der Waals surface area contributed by atoms with Crippen LogP contribution in [-0.2, 0) is 4.74 Å². The maximum Gasteiger partial charge on any atom is 0.0469 e. The third-order valence-electron chi connectivity index (χ3n) is 2.55. The SMILES string of the molecule is CCCOCCC1CSCC1NC. The van der Waals surface area contributed by atoms with E-state index in [0.717, 1.165) is 31.6 Å². The van der Waals surface area contributed by atoms with Crippen molar-refractivity contribution in [1.29, 1.82) is 0 Å². The molecule has 2 nitrogen and oxygen atoms in total. The fraction of sp³-hybridized carbons (Fsp3) is 1.00. The molecule has 2 unspecified atom stereocenters. The van der Waals surface area contributed by atoms with Crippen molar-refractivity contribution in [3.63, 3.8) is 0 Å². The highest BCUT2D eigenvalue weighted by Gasteiger charge is 2.25. The molecule has 0 radical (unpaired) electrons. The first kappa shape index (κ1) is 11.3. The van der Waals surface area contributed by atoms with Gasteiger partial charge in [0.2, 0.25) is 0 Å². The number of thioether (sulfide) groups is 1. The third-order valence-corrected chi connectivity index (χ3v) is 3.81. The zero-order valence-corrected chi connectivity index (χ0v) is 9.53. The zero-order chi connectivity index (χ0) is 9.52. The van der Waals surface area contributed by atoms with Crippen LogP contribution in [0.5, 0.6) is 0 Å². The molecule has 0 aromatic rings. The minimum atomic E-state index is 0.718. The minimum absolute atomic E-state index is 0.718. The summed E-state index contributed by atoms with van der Waals surface area (Å²) >= 11 is 2.06. The van der Waals surface area contributed by atoms with E-state index in [4.69, 9.17) is 4.74 Å². The average Bonchev–Trinajstić information content (AvgIpc) is 2.60. The monoisotopic (exact) mass is 203 g/mol. The van der Waals surface area contributed by atoms with Crippen LogP contribution in [0.15, 0.2) is 0 Å². The number of hydrogen-bond donors (Lipinski definition) is 1. The van der Waals surface area contributed by atoms with E-state index in [0.29, 0.717) is 0 Å². The summed E-state index contributed by atoms with van der Waals surface area (Å²) in [7, 11) is 2.07. The highest BCUT2D eigenvalue weighted by atomic mass is 32.2. The Labute approximate surface area is 85.8 Å². The van der Waals surface area contributed by atoms with E-state index < -0.39 is 0 Å². The van der Waals surface area contributed by atoms with Crippen LogP contribution in [0, 0.1) is 5.92 Å². The summed E-state index contributed by atoms with van der Waals surface area (Å²) < 4.78 is 5.50. The van der Waals surface area contributed by atoms with Crippen molar-refractivity contribution >= 4 is 11.8 Å². The molecule has 0 spiro atoms. The Balaban J connectivity index is 2.06. The van der Waals surface area contributed by atoms with Crippen LogP contribution >= 0.6 is 11.8 Å². The minimum Gasteiger partial charge on any atom is -0.381 e. The molecule has 1 heterocycles. The summed E-state index contributed by atoms with van der Waals surface area (Å²) in [5.74, 6) is 3.41. The summed E-state index contributed by atoms with van der Waals surface area (Å²) in [4.78, 5) is 0. The van der Waals surface area contributed by atoms with Crippen molar-refractivity contribution in [2.45, 2.75) is 25.8 Å². The zero-order valence-electron chi connectivity index (χ0n) is 8.71. The first-order valence-corrected chi connectivity index (χ1v) is 6.36. The van der Waals surface area contributed by atoms with Crippen LogP contribution in [0.2, 0.25) is 0 Å². The lowest BCUT2D eigenvalue weighted by atomic mass is 10.0. The van der Waals surface area contributed by atoms with Crippen molar-refractivity contribution in [3.05, 3.63) is 0 Å². The van der Waals surface area contributed by atoms with Gasteiger partial charge in [0.25, 0.3) is 0 Å². The average molecular weight is 203 g/mol. The van der Waals surface area contributed by atoms with Gasteiger partial charge in [-0.05, 0) is 31.6 Å². The Bertz CT molecular complexity index is 132. The van der Waals surface area contributed by atoms with Gasteiger partial charge in [-0.3, -0.25) is 0 Å². The molecular formula is C10H21NOS. The topological polar surface area (TPSA) is 21.3 Å². The molecule has 1 fully saturated rings. The normalized spacial score (nSPS) is 28.2. The van der Waals surface area contributed by atoms with Crippen molar-refractivity contribution < 1.29 is 4.74 Å². The molecule has 0 bridgehead atoms. The number of hydrogen-bond acceptors (Lipinski definition) is 3. The van der Waals surface area contributed by atoms with Gasteiger partial charge in [0.05, 0.1) is 0 Å². The molecule has 2 atom stereocenters. The summed E-state index contributed by atoms with van der Waals surface area (Å²) in [6, 6.07) is 0.718. The van der Waals surface area contributed by atoms with Gasteiger partial charge < -0.3 is 10.1 Å². The van der Waals surface area contributed by atoms with Gasteiger partial charge in [-0.25, -0.2) is 0 Å². The third kappa shape index (κ3) is 3.88. The van der Waals surface area contributed by atoms with Crippen molar-refractivity contribution in [2.75, 3.05) is 31.8 Å². The van der Waals surface area contributed by atoms with Crippen molar-refractivity contribution in [3.8, 4) is 0 Å². The molecule has 13 heavy (non-hydrogen) atoms. The summed E-state index contributed by atoms with van der Waals surface area (Å²) in [6.07, 6.45) is 2.35. The molecule has 1 rings (SSSR count). The van der Waals surface area contributed by atoms with E-state index in [9.17, 15) is 0 Å². The smallest absolute Gasteiger partial charge is 0.0469 e. The number of nitrogens with one attached hydrogen (secondary N) is 1. The highest BCUT2D eigenvalue weighted by Crippen LogP contribution is 2.26. The number of rotatable bonds is 6. The summed E-state index contributed by atoms with van der Waals surface area (Å²) in [5, 5.41) is 3.38. The molecular weight excluding hydrogens is 182 g/mol. The number of ether oxygens (including phenoxy) is 1. The molecule has 0 aromatic heterocycles. The predicted molar refractivity (Wildman–Crippen MR) is 59.4 cm³/mol. The maximum absolute atomic E-state index is 5.50. The molecule has 0 saturated carbocycles. The van der Waals surface area contributed by atoms with Gasteiger partial charge >= 0.3 is 0 Å². The van der Waals surface area contributed by atoms with Gasteiger partial charge in [0.1, 0.15) is 0 Å². The van der Waals surface area contributed by atoms with Crippen LogP contribution in [0.4, 0.5) is 0 Å². The van der Waals surface area contributed by atoms with E-state index in [1.807, 2.05) is 0 Å². The second-order valence-electron chi connectivity index (χ2n) is 3.59. The molecule has 1 N–H and O–H groups in total. The van der Waals surface area contributed by atoms with Crippen LogP contribution in [0.1, 0.15) is 19.8 Å². The lowest BCUT2D eigenvalue weighted by molar-refractivity contribution is 0.120. The van der Waals surface area contributed by atoms with Crippen LogP contribution in [0.25, 0.3) is 0 Å². The Morgan fingerprint density at radius 2 is 2.23 bits per heavy atom. The molecule has 0 aliphatic carbocycles. The van der Waals surface area contributed by atoms with Crippen LogP contribution in [0.3, 0.4) is 0 Å². The van der Waals surface area contributed by atoms with E-state index >= 15 is 0 Å². The Hall–Kier alpha value is 0.270. The predicted octanol–water partition coefficient (Wildman–Crippen LogP) is 1.75. The van der Waals surface area contributed by atoms with Crippen molar-refractivity contribution in [1.82, 2.24) is 5.32 Å². The Morgan fingerprint density at radius 3 is 2.92 bits per heavy atom. The lowest BCUT2D eigenvalue weighted by Gasteiger charge is -2.17. The second-order valence-corrected chi connectivity index (χ2v) is 4.67. The van der Waals surface area contributed by atoms with Gasteiger partial charge in [-0.2, -0.15) is 11.8 Å². The van der Waals surface area contributed by atoms with E-state index in [2.05, 4.69) is 31.1 Å². The molecule has 1 saturated heterocycles. The standard InChI is InChI=1S/C10H21NOS/c1-3-5-12-6-4-9-7-13-8-10(9)11-2/h9-11H,3-8H2,1-2H3. The Kier molecular flexibility index (Phi) is 5.83. The largest absolute Gasteiger partial charge is 0.381 e. The highest BCUT2D eigenvalue weighted by molar-refractivity contribution is 7.99. The van der Waals surface area contributed by atoms with Gasteiger partial charge in [-0.15, -0.1) is 0 Å². The summed E-state index contributed by atoms with van der Waals surface area (Å²) in [6.45, 7) is 4.02. The molecule has 78 valence electrons. The van der Waals surface area contributed by atoms with Gasteiger partial charge in [-0.1, -0.05) is 6.92 Å². The Morgan fingerprint density at radius 1 is 1.38 bits per heavy atom. The molecule has 1 aliphatic heterocycles. The molecule has 3 heteroatoms. The second kappa shape index (κ2) is 6.68. The van der Waals surface area contributed by atoms with E-state index in [-0.39, 0.29) is 0 Å². The fourth-order valence-electron chi connectivity index (χ4n) is 1.68. The lowest BCUT2D eigenvalue weighted by Crippen LogP contribution is -2.32. The molecule has 0 amide bonds. The van der Waals surface area contributed by atoms with Crippen LogP contribution < -0.4 is 5.32 Å². The first-order chi connectivity index (χ1) is 6.38. The molecule has 1 aliphatic rings. The summed E-state index contributed by atoms with van der Waals surface area (Å²) in [5.41, 5.74) is 0. The quantitative estimate of drug-likeness (QED) is 0.665. The maximum atomic E-state index is 5.50. The van der Waals surface area contributed by atoms with Crippen molar-refractivity contribution in [2.24, 2.45) is 5.92 Å². The van der Waals surface area contributed by atoms with Gasteiger partial charge in [0.15, 0.2) is 0 Å². The van der Waals surface area contributed by atoms with Gasteiger partial charge in [0, 0.05) is 25.0 Å². The van der Waals surface area contributed by atoms with E-state index in [1.165, 1.54) is 17.9 Å². The molecule has 0 aromatic carbocycles. The van der Waals surface area contributed by atoms with Crippen LogP contribution in [-0.4, -0.2) is 37.8 Å². The first-order valence-electron chi connectivity index (χ1n) is 5.21.